The smallest absolute Gasteiger partial charge is 0.317 e. The number of hydrogen-bond acceptors (Lipinski definition) is 6. The predicted molar refractivity (Wildman–Crippen MR) is 123 cm³/mol. The van der Waals surface area contributed by atoms with Gasteiger partial charge in [0.15, 0.2) is 0 Å². The van der Waals surface area contributed by atoms with Crippen molar-refractivity contribution in [3.05, 3.63) is 52.8 Å². The van der Waals surface area contributed by atoms with Gasteiger partial charge in [0.2, 0.25) is 0 Å². The zero-order valence-electron chi connectivity index (χ0n) is 19.4. The molecule has 0 aliphatic heterocycles. The molecule has 5 atom stereocenters. The number of allylic oxidation sites excluding steroid dienone is 3. The molecule has 4 rings (SSSR count). The molecule has 0 saturated heterocycles. The Balaban J connectivity index is 1.61. The number of benzene rings is 1. The van der Waals surface area contributed by atoms with Gasteiger partial charge in [-0.3, -0.25) is 10.0 Å². The van der Waals surface area contributed by atoms with E-state index in [9.17, 15) is 15.1 Å². The molecule has 3 aliphatic rings. The third-order valence-corrected chi connectivity index (χ3v) is 8.34. The molecule has 0 bridgehead atoms. The summed E-state index contributed by atoms with van der Waals surface area (Å²) in [7, 11) is 0. The molecule has 32 heavy (non-hydrogen) atoms. The molecule has 1 aromatic rings. The van der Waals surface area contributed by atoms with Crippen molar-refractivity contribution in [2.45, 2.75) is 65.9 Å². The largest absolute Gasteiger partial charge is 0.733 e. The Morgan fingerprint density at radius 1 is 1.22 bits per heavy atom. The van der Waals surface area contributed by atoms with E-state index < -0.39 is 11.5 Å². The topological polar surface area (TPSA) is 93.1 Å². The summed E-state index contributed by atoms with van der Waals surface area (Å²) in [6.07, 6.45) is 8.32. The molecule has 1 fully saturated rings. The average molecular weight is 441 g/mol. The standard InChI is InChI=1S/C26H34NO5/c1-16(2)20-14-17-6-11-23-25(3,21(17)15-22(20)28)12-5-13-26(23,4)24(29)32-19-9-7-18(8-10-19)27(30)31/h6-10,14,16,21-23,28,30H,5,11-13,15H2,1-4H3/q-1. The monoisotopic (exact) mass is 440 g/mol. The number of nitrogens with zero attached hydrogens (tertiary/aromatic N) is 1. The van der Waals surface area contributed by atoms with Crippen molar-refractivity contribution in [2.24, 2.45) is 28.6 Å². The Hall–Kier alpha value is -2.15. The van der Waals surface area contributed by atoms with E-state index >= 15 is 0 Å². The van der Waals surface area contributed by atoms with Gasteiger partial charge in [0, 0.05) is 0 Å². The molecule has 174 valence electrons. The molecule has 3 aliphatic carbocycles. The molecule has 5 unspecified atom stereocenters. The van der Waals surface area contributed by atoms with Crippen molar-refractivity contribution >= 4 is 11.7 Å². The molecule has 1 saturated carbocycles. The zero-order chi connectivity index (χ0) is 23.3. The van der Waals surface area contributed by atoms with Gasteiger partial charge in [-0.25, -0.2) is 0 Å². The average Bonchev–Trinajstić information content (AvgIpc) is 2.73. The summed E-state index contributed by atoms with van der Waals surface area (Å²) in [5.41, 5.74) is 1.78. The number of hydrogen-bond donors (Lipinski definition) is 2. The van der Waals surface area contributed by atoms with E-state index in [0.29, 0.717) is 18.1 Å². The first-order valence-electron chi connectivity index (χ1n) is 11.6. The van der Waals surface area contributed by atoms with Crippen LogP contribution in [0, 0.1) is 33.8 Å². The number of esters is 1. The van der Waals surface area contributed by atoms with Crippen LogP contribution in [0.15, 0.2) is 47.6 Å². The summed E-state index contributed by atoms with van der Waals surface area (Å²) in [6.45, 7) is 8.56. The van der Waals surface area contributed by atoms with Crippen molar-refractivity contribution in [3.8, 4) is 5.75 Å². The van der Waals surface area contributed by atoms with Crippen LogP contribution in [0.1, 0.15) is 59.8 Å². The van der Waals surface area contributed by atoms with Crippen molar-refractivity contribution in [3.63, 3.8) is 0 Å². The highest BCUT2D eigenvalue weighted by molar-refractivity contribution is 5.79. The van der Waals surface area contributed by atoms with Crippen LogP contribution in [0.3, 0.4) is 0 Å². The number of fused-ring (bicyclic) bond motifs is 3. The predicted octanol–water partition coefficient (Wildman–Crippen LogP) is 5.39. The number of rotatable bonds is 4. The zero-order valence-corrected chi connectivity index (χ0v) is 19.4. The van der Waals surface area contributed by atoms with Crippen LogP contribution in [0.2, 0.25) is 0 Å². The lowest BCUT2D eigenvalue weighted by Crippen LogP contribution is -2.54. The van der Waals surface area contributed by atoms with E-state index in [-0.39, 0.29) is 34.1 Å². The highest BCUT2D eigenvalue weighted by Gasteiger charge is 2.58. The molecular weight excluding hydrogens is 406 g/mol. The number of aliphatic hydroxyl groups is 1. The van der Waals surface area contributed by atoms with Crippen LogP contribution in [-0.4, -0.2) is 22.4 Å². The third-order valence-electron chi connectivity index (χ3n) is 8.34. The van der Waals surface area contributed by atoms with Crippen molar-refractivity contribution in [2.75, 3.05) is 5.23 Å². The fourth-order valence-corrected chi connectivity index (χ4v) is 6.51. The van der Waals surface area contributed by atoms with Gasteiger partial charge in [0.05, 0.1) is 17.2 Å². The lowest BCUT2D eigenvalue weighted by Gasteiger charge is -2.57. The number of carbonyl (C=O) groups is 1. The van der Waals surface area contributed by atoms with Gasteiger partial charge >= 0.3 is 5.97 Å². The van der Waals surface area contributed by atoms with E-state index in [4.69, 9.17) is 9.94 Å². The van der Waals surface area contributed by atoms with Gasteiger partial charge in [-0.15, -0.1) is 0 Å². The summed E-state index contributed by atoms with van der Waals surface area (Å²) in [4.78, 5) is 13.4. The Labute approximate surface area is 190 Å². The Kier molecular flexibility index (Phi) is 5.99. The summed E-state index contributed by atoms with van der Waals surface area (Å²) in [6, 6.07) is 5.88. The molecule has 6 nitrogen and oxygen atoms in total. The lowest BCUT2D eigenvalue weighted by molar-refractivity contribution is -0.159. The first-order valence-corrected chi connectivity index (χ1v) is 11.6. The molecule has 0 heterocycles. The van der Waals surface area contributed by atoms with E-state index in [0.717, 1.165) is 31.3 Å². The van der Waals surface area contributed by atoms with Crippen molar-refractivity contribution in [1.29, 1.82) is 0 Å². The number of anilines is 1. The Morgan fingerprint density at radius 3 is 2.53 bits per heavy atom. The van der Waals surface area contributed by atoms with Gasteiger partial charge in [-0.2, -0.15) is 0 Å². The Bertz CT molecular complexity index is 934. The molecule has 2 N–H and O–H groups in total. The van der Waals surface area contributed by atoms with Crippen LogP contribution < -0.4 is 9.96 Å². The summed E-state index contributed by atoms with van der Waals surface area (Å²) in [5, 5.41) is 30.6. The third kappa shape index (κ3) is 3.78. The van der Waals surface area contributed by atoms with E-state index in [1.165, 1.54) is 29.8 Å². The van der Waals surface area contributed by atoms with Crippen molar-refractivity contribution in [1.82, 2.24) is 0 Å². The molecule has 1 aromatic carbocycles. The van der Waals surface area contributed by atoms with Crippen LogP contribution in [0.4, 0.5) is 5.69 Å². The SMILES string of the molecule is CC(C)C1=CC2=CCC3C(C)(C(=O)Oc4ccc(N([O-])O)cc4)CCCC3(C)C2CC1O. The maximum atomic E-state index is 13.4. The molecule has 0 spiro atoms. The second kappa shape index (κ2) is 8.32. The van der Waals surface area contributed by atoms with Gasteiger partial charge in [-0.1, -0.05) is 39.3 Å². The van der Waals surface area contributed by atoms with E-state index in [2.05, 4.69) is 32.9 Å². The lowest BCUT2D eigenvalue weighted by atomic mass is 9.46. The maximum absolute atomic E-state index is 13.4. The number of ether oxygens (including phenoxy) is 1. The first-order chi connectivity index (χ1) is 15.1. The molecule has 0 amide bonds. The minimum Gasteiger partial charge on any atom is -0.733 e. The normalized spacial score (nSPS) is 34.2. The van der Waals surface area contributed by atoms with Crippen LogP contribution in [0.5, 0.6) is 5.75 Å². The minimum atomic E-state index is -0.637. The van der Waals surface area contributed by atoms with Crippen LogP contribution in [-0.2, 0) is 4.79 Å². The Morgan fingerprint density at radius 2 is 1.91 bits per heavy atom. The van der Waals surface area contributed by atoms with E-state index in [1.54, 1.807) is 0 Å². The molecule has 6 heteroatoms. The van der Waals surface area contributed by atoms with Crippen molar-refractivity contribution < 1.29 is 19.8 Å². The minimum absolute atomic E-state index is 0.0795. The van der Waals surface area contributed by atoms with Crippen LogP contribution in [0.25, 0.3) is 0 Å². The first kappa shape index (κ1) is 23.0. The highest BCUT2D eigenvalue weighted by Crippen LogP contribution is 2.62. The molecule has 0 radical (unpaired) electrons. The second-order valence-corrected chi connectivity index (χ2v) is 10.5. The summed E-state index contributed by atoms with van der Waals surface area (Å²) in [5.74, 6) is 0.780. The molecule has 0 aromatic heterocycles. The fraction of sp³-hybridized carbons (Fsp3) is 0.577. The molecular formula is C26H34NO5-. The fourth-order valence-electron chi connectivity index (χ4n) is 6.51. The summed E-state index contributed by atoms with van der Waals surface area (Å²) < 4.78 is 5.77. The quantitative estimate of drug-likeness (QED) is 0.370. The van der Waals surface area contributed by atoms with Gasteiger partial charge in [0.1, 0.15) is 5.75 Å². The second-order valence-electron chi connectivity index (χ2n) is 10.5. The maximum Gasteiger partial charge on any atom is 0.317 e. The number of aliphatic hydroxyl groups excluding tert-OH is 1. The summed E-state index contributed by atoms with van der Waals surface area (Å²) >= 11 is 0. The number of carbonyl (C=O) groups excluding carboxylic acids is 1. The van der Waals surface area contributed by atoms with Gasteiger partial charge < -0.3 is 20.3 Å². The van der Waals surface area contributed by atoms with Gasteiger partial charge in [-0.05, 0) is 91.2 Å². The van der Waals surface area contributed by atoms with E-state index in [1.807, 2.05) is 6.92 Å². The highest BCUT2D eigenvalue weighted by atomic mass is 16.8. The van der Waals surface area contributed by atoms with Gasteiger partial charge in [0.25, 0.3) is 0 Å². The van der Waals surface area contributed by atoms with Crippen LogP contribution >= 0.6 is 0 Å².